The van der Waals surface area contributed by atoms with E-state index in [9.17, 15) is 9.18 Å². The largest absolute Gasteiger partial charge is 0.476 e. The predicted molar refractivity (Wildman–Crippen MR) is 124 cm³/mol. The summed E-state index contributed by atoms with van der Waals surface area (Å²) in [6, 6.07) is 6.24. The summed E-state index contributed by atoms with van der Waals surface area (Å²) in [4.78, 5) is 16.3. The number of nitrogens with zero attached hydrogens (tertiary/aromatic N) is 3. The number of anilines is 3. The van der Waals surface area contributed by atoms with Crippen LogP contribution in [0.2, 0.25) is 0 Å². The second-order valence-corrected chi connectivity index (χ2v) is 7.51. The van der Waals surface area contributed by atoms with Gasteiger partial charge in [-0.3, -0.25) is 9.48 Å². The van der Waals surface area contributed by atoms with Crippen LogP contribution in [0.4, 0.5) is 21.7 Å². The van der Waals surface area contributed by atoms with Crippen LogP contribution in [-0.2, 0) is 6.54 Å². The van der Waals surface area contributed by atoms with E-state index < -0.39 is 11.7 Å². The zero-order chi connectivity index (χ0) is 23.4. The van der Waals surface area contributed by atoms with Crippen molar-refractivity contribution in [3.8, 4) is 5.88 Å². The van der Waals surface area contributed by atoms with Gasteiger partial charge in [-0.15, -0.1) is 5.10 Å². The number of benzene rings is 1. The van der Waals surface area contributed by atoms with Gasteiger partial charge < -0.3 is 26.8 Å². The lowest BCUT2D eigenvalue weighted by Crippen LogP contribution is -2.38. The van der Waals surface area contributed by atoms with E-state index in [-0.39, 0.29) is 29.3 Å². The highest BCUT2D eigenvalue weighted by molar-refractivity contribution is 5.99. The number of rotatable bonds is 10. The standard InChI is InChI=1S/C22H30FN7O2/c1-5-17(12(4)24)27-21-16(23)11-15(19(25)31)20(28-21)26-13-8-9-18-14(10-13)22(32-7-3)29-30(18)6-2/h8-12,17H,5-7,24H2,1-4H3,(H2,25,31)(H2,26,27,28)/t12-,17+/m0/s1. The molecule has 0 fully saturated rings. The second kappa shape index (κ2) is 9.82. The molecule has 0 bridgehead atoms. The van der Waals surface area contributed by atoms with Gasteiger partial charge >= 0.3 is 0 Å². The van der Waals surface area contributed by atoms with Crippen molar-refractivity contribution in [1.82, 2.24) is 14.8 Å². The fourth-order valence-electron chi connectivity index (χ4n) is 3.50. The van der Waals surface area contributed by atoms with Gasteiger partial charge in [-0.1, -0.05) is 6.92 Å². The number of hydrogen-bond donors (Lipinski definition) is 4. The molecule has 172 valence electrons. The van der Waals surface area contributed by atoms with Crippen molar-refractivity contribution < 1.29 is 13.9 Å². The summed E-state index contributed by atoms with van der Waals surface area (Å²) in [5.74, 6) is -0.820. The summed E-state index contributed by atoms with van der Waals surface area (Å²) >= 11 is 0. The lowest BCUT2D eigenvalue weighted by atomic mass is 10.1. The average molecular weight is 444 g/mol. The fourth-order valence-corrected chi connectivity index (χ4v) is 3.50. The zero-order valence-corrected chi connectivity index (χ0v) is 18.8. The maximum atomic E-state index is 14.6. The van der Waals surface area contributed by atoms with Crippen molar-refractivity contribution in [2.24, 2.45) is 11.5 Å². The van der Waals surface area contributed by atoms with Gasteiger partial charge in [0.05, 0.1) is 23.1 Å². The molecular weight excluding hydrogens is 413 g/mol. The van der Waals surface area contributed by atoms with Crippen molar-refractivity contribution in [1.29, 1.82) is 0 Å². The van der Waals surface area contributed by atoms with Crippen LogP contribution in [-0.4, -0.2) is 39.4 Å². The Morgan fingerprint density at radius 1 is 1.25 bits per heavy atom. The Balaban J connectivity index is 2.03. The first kappa shape index (κ1) is 23.3. The summed E-state index contributed by atoms with van der Waals surface area (Å²) in [6.45, 7) is 8.83. The van der Waals surface area contributed by atoms with Gasteiger partial charge in [-0.05, 0) is 51.5 Å². The molecule has 0 aliphatic heterocycles. The topological polar surface area (TPSA) is 133 Å². The number of carbonyl (C=O) groups excluding carboxylic acids is 1. The normalized spacial score (nSPS) is 13.1. The summed E-state index contributed by atoms with van der Waals surface area (Å²) < 4.78 is 22.2. The monoisotopic (exact) mass is 443 g/mol. The van der Waals surface area contributed by atoms with Gasteiger partial charge in [0.2, 0.25) is 5.88 Å². The number of halogens is 1. The molecule has 1 aromatic carbocycles. The van der Waals surface area contributed by atoms with Gasteiger partial charge in [0, 0.05) is 24.3 Å². The maximum absolute atomic E-state index is 14.6. The molecule has 0 saturated heterocycles. The highest BCUT2D eigenvalue weighted by Gasteiger charge is 2.20. The lowest BCUT2D eigenvalue weighted by Gasteiger charge is -2.22. The molecule has 6 N–H and O–H groups in total. The molecule has 0 unspecified atom stereocenters. The van der Waals surface area contributed by atoms with Crippen molar-refractivity contribution in [2.45, 2.75) is 52.7 Å². The van der Waals surface area contributed by atoms with Crippen LogP contribution in [0.5, 0.6) is 5.88 Å². The minimum atomic E-state index is -0.792. The number of nitrogens with one attached hydrogen (secondary N) is 2. The number of hydrogen-bond acceptors (Lipinski definition) is 7. The number of aromatic nitrogens is 3. The molecule has 0 saturated carbocycles. The van der Waals surface area contributed by atoms with E-state index in [0.717, 1.165) is 17.0 Å². The quantitative estimate of drug-likeness (QED) is 0.377. The molecule has 2 atom stereocenters. The lowest BCUT2D eigenvalue weighted by molar-refractivity contribution is 0.100. The molecule has 2 heterocycles. The van der Waals surface area contributed by atoms with E-state index in [4.69, 9.17) is 16.2 Å². The Morgan fingerprint density at radius 3 is 2.59 bits per heavy atom. The van der Waals surface area contributed by atoms with Crippen LogP contribution in [0.15, 0.2) is 24.3 Å². The maximum Gasteiger partial charge on any atom is 0.252 e. The Hall–Kier alpha value is -3.40. The highest BCUT2D eigenvalue weighted by Crippen LogP contribution is 2.30. The van der Waals surface area contributed by atoms with Crippen LogP contribution in [0.3, 0.4) is 0 Å². The molecule has 3 aromatic rings. The molecule has 1 amide bonds. The van der Waals surface area contributed by atoms with Crippen molar-refractivity contribution >= 4 is 34.1 Å². The fraction of sp³-hybridized carbons (Fsp3) is 0.409. The molecule has 3 rings (SSSR count). The first-order valence-corrected chi connectivity index (χ1v) is 10.7. The third-order valence-electron chi connectivity index (χ3n) is 5.20. The van der Waals surface area contributed by atoms with Crippen LogP contribution in [0, 0.1) is 5.82 Å². The third-order valence-corrected chi connectivity index (χ3v) is 5.20. The van der Waals surface area contributed by atoms with Crippen molar-refractivity contribution in [2.75, 3.05) is 17.2 Å². The van der Waals surface area contributed by atoms with E-state index >= 15 is 0 Å². The number of nitrogens with two attached hydrogens (primary N) is 2. The van der Waals surface area contributed by atoms with Crippen LogP contribution >= 0.6 is 0 Å². The van der Waals surface area contributed by atoms with Crippen LogP contribution < -0.4 is 26.8 Å². The summed E-state index contributed by atoms with van der Waals surface area (Å²) in [6.07, 6.45) is 0.678. The smallest absolute Gasteiger partial charge is 0.252 e. The van der Waals surface area contributed by atoms with E-state index in [1.54, 1.807) is 0 Å². The third kappa shape index (κ3) is 4.75. The molecule has 2 aromatic heterocycles. The Kier molecular flexibility index (Phi) is 7.14. The van der Waals surface area contributed by atoms with E-state index in [2.05, 4.69) is 20.7 Å². The number of fused-ring (bicyclic) bond motifs is 1. The molecule has 0 aliphatic rings. The molecule has 9 nitrogen and oxygen atoms in total. The summed E-state index contributed by atoms with van der Waals surface area (Å²) in [7, 11) is 0. The molecule has 32 heavy (non-hydrogen) atoms. The van der Waals surface area contributed by atoms with Gasteiger partial charge in [-0.2, -0.15) is 0 Å². The number of primary amides is 1. The molecule has 0 aliphatic carbocycles. The SMILES string of the molecule is CCOc1nn(CC)c2ccc(Nc3nc(N[C@H](CC)[C@H](C)N)c(F)cc3C(N)=O)cc12. The molecule has 0 radical (unpaired) electrons. The minimum Gasteiger partial charge on any atom is -0.476 e. The second-order valence-electron chi connectivity index (χ2n) is 7.51. The molecule has 10 heteroatoms. The van der Waals surface area contributed by atoms with Gasteiger partial charge in [0.15, 0.2) is 11.6 Å². The summed E-state index contributed by atoms with van der Waals surface area (Å²) in [5.41, 5.74) is 12.9. The Bertz CT molecular complexity index is 1110. The van der Waals surface area contributed by atoms with Crippen molar-refractivity contribution in [3.63, 3.8) is 0 Å². The number of pyridine rings is 1. The Morgan fingerprint density at radius 2 is 2.00 bits per heavy atom. The van der Waals surface area contributed by atoms with E-state index in [1.807, 2.05) is 50.6 Å². The first-order valence-electron chi connectivity index (χ1n) is 10.7. The minimum absolute atomic E-state index is 0.00321. The Labute approximate surface area is 186 Å². The van der Waals surface area contributed by atoms with Gasteiger partial charge in [0.1, 0.15) is 5.82 Å². The molecular formula is C22H30FN7O2. The van der Waals surface area contributed by atoms with E-state index in [0.29, 0.717) is 31.1 Å². The van der Waals surface area contributed by atoms with Crippen LogP contribution in [0.25, 0.3) is 10.9 Å². The van der Waals surface area contributed by atoms with Crippen molar-refractivity contribution in [3.05, 3.63) is 35.6 Å². The van der Waals surface area contributed by atoms with Gasteiger partial charge in [0.25, 0.3) is 5.91 Å². The first-order chi connectivity index (χ1) is 15.3. The average Bonchev–Trinajstić information content (AvgIpc) is 3.10. The summed E-state index contributed by atoms with van der Waals surface area (Å²) in [5, 5.41) is 11.4. The van der Waals surface area contributed by atoms with Crippen LogP contribution in [0.1, 0.15) is 44.5 Å². The zero-order valence-electron chi connectivity index (χ0n) is 18.8. The van der Waals surface area contributed by atoms with E-state index in [1.165, 1.54) is 0 Å². The predicted octanol–water partition coefficient (Wildman–Crippen LogP) is 3.37. The number of carbonyl (C=O) groups is 1. The number of ether oxygens (including phenoxy) is 1. The number of amides is 1. The number of aryl methyl sites for hydroxylation is 1. The highest BCUT2D eigenvalue weighted by atomic mass is 19.1. The van der Waals surface area contributed by atoms with Gasteiger partial charge in [-0.25, -0.2) is 9.37 Å². The molecule has 0 spiro atoms.